The predicted molar refractivity (Wildman–Crippen MR) is 87.0 cm³/mol. The van der Waals surface area contributed by atoms with Gasteiger partial charge in [-0.05, 0) is 12.1 Å². The van der Waals surface area contributed by atoms with E-state index in [2.05, 4.69) is 15.4 Å². The molecule has 0 aliphatic carbocycles. The summed E-state index contributed by atoms with van der Waals surface area (Å²) in [5.41, 5.74) is 1.77. The first-order valence-corrected chi connectivity index (χ1v) is 7.94. The van der Waals surface area contributed by atoms with Crippen LogP contribution in [0.3, 0.4) is 0 Å². The highest BCUT2D eigenvalue weighted by atomic mass is 16.6. The molecule has 2 aromatic carbocycles. The number of amides is 1. The van der Waals surface area contributed by atoms with Gasteiger partial charge in [-0.1, -0.05) is 36.4 Å². The molecule has 0 spiro atoms. The van der Waals surface area contributed by atoms with Crippen LogP contribution in [0.2, 0.25) is 0 Å². The summed E-state index contributed by atoms with van der Waals surface area (Å²) in [6.45, 7) is 0. The first-order valence-electron chi connectivity index (χ1n) is 7.94. The molecule has 1 fully saturated rings. The summed E-state index contributed by atoms with van der Waals surface area (Å²) in [7, 11) is 0. The highest BCUT2D eigenvalue weighted by molar-refractivity contribution is 5.95. The highest BCUT2D eigenvalue weighted by Gasteiger charge is 2.35. The molecule has 4 rings (SSSR count). The summed E-state index contributed by atoms with van der Waals surface area (Å²) < 4.78 is 10.3. The van der Waals surface area contributed by atoms with Gasteiger partial charge in [0.05, 0.1) is 6.04 Å². The lowest BCUT2D eigenvalue weighted by molar-refractivity contribution is -0.136. The van der Waals surface area contributed by atoms with E-state index in [1.807, 2.05) is 48.5 Å². The third-order valence-electron chi connectivity index (χ3n) is 4.27. The van der Waals surface area contributed by atoms with E-state index in [-0.39, 0.29) is 12.5 Å². The van der Waals surface area contributed by atoms with Gasteiger partial charge >= 0.3 is 12.1 Å². The SMILES string of the molecule is O=C1N[C@@H](CC(O)NC2c3ccccc3Oc3ccccc32)C(=O)O1. The second-order valence-electron chi connectivity index (χ2n) is 5.93. The Labute approximate surface area is 143 Å². The topological polar surface area (TPSA) is 96.9 Å². The zero-order valence-corrected chi connectivity index (χ0v) is 13.1. The van der Waals surface area contributed by atoms with Gasteiger partial charge in [0.25, 0.3) is 0 Å². The van der Waals surface area contributed by atoms with E-state index in [1.54, 1.807) is 0 Å². The van der Waals surface area contributed by atoms with E-state index in [0.717, 1.165) is 11.1 Å². The number of para-hydroxylation sites is 2. The number of esters is 1. The number of benzene rings is 2. The standard InChI is InChI=1S/C18H16N2O5/c21-15(9-12-17(22)25-18(23)19-12)20-16-10-5-1-3-7-13(10)24-14-8-4-2-6-11(14)16/h1-8,12,15-16,20-21H,9H2,(H,19,23)/t12-,15?/m0/s1. The number of cyclic esters (lactones) is 2. The lowest BCUT2D eigenvalue weighted by Gasteiger charge is -2.30. The zero-order valence-electron chi connectivity index (χ0n) is 13.1. The number of nitrogens with one attached hydrogen (secondary N) is 2. The van der Waals surface area contributed by atoms with Gasteiger partial charge in [0.15, 0.2) is 0 Å². The maximum atomic E-state index is 11.5. The number of aliphatic hydroxyl groups excluding tert-OH is 1. The fourth-order valence-electron chi connectivity index (χ4n) is 3.12. The van der Waals surface area contributed by atoms with Crippen molar-refractivity contribution in [2.24, 2.45) is 0 Å². The molecule has 2 heterocycles. The molecule has 1 amide bonds. The number of aliphatic hydroxyl groups is 1. The van der Waals surface area contributed by atoms with E-state index < -0.39 is 24.3 Å². The number of ether oxygens (including phenoxy) is 2. The minimum Gasteiger partial charge on any atom is -0.457 e. The summed E-state index contributed by atoms with van der Waals surface area (Å²) in [4.78, 5) is 22.6. The van der Waals surface area contributed by atoms with Crippen LogP contribution in [0.1, 0.15) is 23.6 Å². The Bertz CT molecular complexity index is 792. The van der Waals surface area contributed by atoms with Crippen molar-refractivity contribution >= 4 is 12.1 Å². The maximum absolute atomic E-state index is 11.5. The quantitative estimate of drug-likeness (QED) is 0.446. The lowest BCUT2D eigenvalue weighted by atomic mass is 9.94. The Hall–Kier alpha value is -2.90. The molecule has 2 aliphatic heterocycles. The van der Waals surface area contributed by atoms with Crippen LogP contribution in [0, 0.1) is 0 Å². The predicted octanol–water partition coefficient (Wildman–Crippen LogP) is 1.81. The zero-order chi connectivity index (χ0) is 17.4. The normalized spacial score (nSPS) is 20.1. The van der Waals surface area contributed by atoms with Crippen molar-refractivity contribution in [3.05, 3.63) is 59.7 Å². The van der Waals surface area contributed by atoms with Crippen molar-refractivity contribution in [3.8, 4) is 11.5 Å². The van der Waals surface area contributed by atoms with E-state index in [4.69, 9.17) is 4.74 Å². The van der Waals surface area contributed by atoms with Crippen molar-refractivity contribution in [1.82, 2.24) is 10.6 Å². The van der Waals surface area contributed by atoms with Crippen LogP contribution in [0.5, 0.6) is 11.5 Å². The number of carbonyl (C=O) groups is 2. The Morgan fingerprint density at radius 2 is 1.60 bits per heavy atom. The molecule has 2 aromatic rings. The van der Waals surface area contributed by atoms with Crippen LogP contribution in [-0.4, -0.2) is 29.4 Å². The largest absolute Gasteiger partial charge is 0.457 e. The van der Waals surface area contributed by atoms with Crippen LogP contribution >= 0.6 is 0 Å². The second-order valence-corrected chi connectivity index (χ2v) is 5.93. The van der Waals surface area contributed by atoms with Gasteiger partial charge < -0.3 is 19.9 Å². The highest BCUT2D eigenvalue weighted by Crippen LogP contribution is 2.42. The molecule has 1 unspecified atom stereocenters. The molecule has 128 valence electrons. The summed E-state index contributed by atoms with van der Waals surface area (Å²) in [6.07, 6.45) is -1.81. The third kappa shape index (κ3) is 2.95. The molecular formula is C18H16N2O5. The van der Waals surface area contributed by atoms with Crippen molar-refractivity contribution in [2.45, 2.75) is 24.7 Å². The van der Waals surface area contributed by atoms with Gasteiger partial charge in [-0.15, -0.1) is 0 Å². The van der Waals surface area contributed by atoms with E-state index in [9.17, 15) is 14.7 Å². The molecule has 3 N–H and O–H groups in total. The van der Waals surface area contributed by atoms with Crippen molar-refractivity contribution < 1.29 is 24.2 Å². The smallest absolute Gasteiger partial charge is 0.415 e. The van der Waals surface area contributed by atoms with Crippen LogP contribution in [0.25, 0.3) is 0 Å². The van der Waals surface area contributed by atoms with Gasteiger partial charge in [-0.2, -0.15) is 0 Å². The van der Waals surface area contributed by atoms with Gasteiger partial charge in [0.1, 0.15) is 23.8 Å². The maximum Gasteiger partial charge on any atom is 0.415 e. The fraction of sp³-hybridized carbons (Fsp3) is 0.222. The molecule has 0 radical (unpaired) electrons. The van der Waals surface area contributed by atoms with Crippen LogP contribution < -0.4 is 15.4 Å². The summed E-state index contributed by atoms with van der Waals surface area (Å²) in [6, 6.07) is 13.9. The van der Waals surface area contributed by atoms with Crippen molar-refractivity contribution in [3.63, 3.8) is 0 Å². The van der Waals surface area contributed by atoms with E-state index in [0.29, 0.717) is 11.5 Å². The minimum absolute atomic E-state index is 0.00621. The lowest BCUT2D eigenvalue weighted by Crippen LogP contribution is -2.41. The van der Waals surface area contributed by atoms with Crippen molar-refractivity contribution in [1.29, 1.82) is 0 Å². The van der Waals surface area contributed by atoms with Gasteiger partial charge in [0.2, 0.25) is 0 Å². The summed E-state index contributed by atoms with van der Waals surface area (Å²) in [5.74, 6) is 0.734. The first-order chi connectivity index (χ1) is 12.1. The second kappa shape index (κ2) is 6.19. The number of hydrogen-bond acceptors (Lipinski definition) is 6. The Kier molecular flexibility index (Phi) is 3.87. The van der Waals surface area contributed by atoms with Crippen LogP contribution in [-0.2, 0) is 9.53 Å². The van der Waals surface area contributed by atoms with Gasteiger partial charge in [-0.3, -0.25) is 5.32 Å². The molecule has 0 bridgehead atoms. The minimum atomic E-state index is -1.03. The number of carbonyl (C=O) groups excluding carboxylic acids is 2. The molecular weight excluding hydrogens is 324 g/mol. The monoisotopic (exact) mass is 340 g/mol. The number of rotatable bonds is 4. The van der Waals surface area contributed by atoms with Gasteiger partial charge in [0, 0.05) is 17.5 Å². The number of hydrogen-bond donors (Lipinski definition) is 3. The first kappa shape index (κ1) is 15.6. The number of alkyl carbamates (subject to hydrolysis) is 1. The molecule has 0 aromatic heterocycles. The molecule has 0 saturated carbocycles. The molecule has 1 saturated heterocycles. The number of fused-ring (bicyclic) bond motifs is 2. The Morgan fingerprint density at radius 1 is 1.00 bits per heavy atom. The fourth-order valence-corrected chi connectivity index (χ4v) is 3.12. The Morgan fingerprint density at radius 3 is 2.16 bits per heavy atom. The molecule has 7 nitrogen and oxygen atoms in total. The molecule has 2 atom stereocenters. The summed E-state index contributed by atoms with van der Waals surface area (Å²) >= 11 is 0. The molecule has 7 heteroatoms. The van der Waals surface area contributed by atoms with E-state index >= 15 is 0 Å². The van der Waals surface area contributed by atoms with Crippen LogP contribution in [0.15, 0.2) is 48.5 Å². The van der Waals surface area contributed by atoms with Gasteiger partial charge in [-0.25, -0.2) is 9.59 Å². The van der Waals surface area contributed by atoms with E-state index in [1.165, 1.54) is 0 Å². The molecule has 25 heavy (non-hydrogen) atoms. The average Bonchev–Trinajstić information content (AvgIpc) is 2.91. The Balaban J connectivity index is 1.57. The molecule has 2 aliphatic rings. The average molecular weight is 340 g/mol. The third-order valence-corrected chi connectivity index (χ3v) is 4.27. The summed E-state index contributed by atoms with van der Waals surface area (Å²) in [5, 5.41) is 15.9. The van der Waals surface area contributed by atoms with Crippen molar-refractivity contribution in [2.75, 3.05) is 0 Å². The van der Waals surface area contributed by atoms with Crippen LogP contribution in [0.4, 0.5) is 4.79 Å².